The number of aromatic nitrogens is 2. The molecule has 0 unspecified atom stereocenters. The van der Waals surface area contributed by atoms with Gasteiger partial charge in [0.25, 0.3) is 0 Å². The smallest absolute Gasteiger partial charge is 0.353 e. The Kier molecular flexibility index (Phi) is 5.65. The van der Waals surface area contributed by atoms with Crippen molar-refractivity contribution in [1.29, 1.82) is 0 Å². The zero-order chi connectivity index (χ0) is 17.6. The van der Waals surface area contributed by atoms with Crippen LogP contribution in [-0.2, 0) is 0 Å². The Morgan fingerprint density at radius 1 is 1.08 bits per heavy atom. The van der Waals surface area contributed by atoms with Crippen molar-refractivity contribution in [1.82, 2.24) is 9.97 Å². The van der Waals surface area contributed by atoms with Crippen LogP contribution in [0.2, 0.25) is 5.02 Å². The molecule has 1 aromatic heterocycles. The molecular weight excluding hydrogens is 342 g/mol. The molecule has 0 spiro atoms. The first kappa shape index (κ1) is 17.4. The molecule has 0 saturated heterocycles. The van der Waals surface area contributed by atoms with Gasteiger partial charge in [0.1, 0.15) is 6.33 Å². The minimum atomic E-state index is -0.460. The predicted molar refractivity (Wildman–Crippen MR) is 98.5 cm³/mol. The van der Waals surface area contributed by atoms with E-state index in [-0.39, 0.29) is 23.4 Å². The zero-order valence-corrected chi connectivity index (χ0v) is 14.5. The fraction of sp³-hybridized carbons (Fsp3) is 0.412. The second-order valence-corrected chi connectivity index (χ2v) is 6.52. The van der Waals surface area contributed by atoms with Crippen LogP contribution in [0.4, 0.5) is 23.0 Å². The standard InChI is InChI=1S/C17H20ClN5O2/c18-13-9-5-6-10-14(13)22-17-15(23(24)25)16(19-11-20-17)21-12-7-3-1-2-4-8-12/h5-6,9-12H,1-4,7-8H2,(H2,19,20,21,22). The molecule has 2 aromatic rings. The van der Waals surface area contributed by atoms with E-state index in [0.717, 1.165) is 25.7 Å². The highest BCUT2D eigenvalue weighted by Crippen LogP contribution is 2.34. The molecule has 3 rings (SSSR count). The van der Waals surface area contributed by atoms with Crippen molar-refractivity contribution < 1.29 is 4.92 Å². The van der Waals surface area contributed by atoms with Crippen molar-refractivity contribution in [3.63, 3.8) is 0 Å². The van der Waals surface area contributed by atoms with Gasteiger partial charge >= 0.3 is 5.69 Å². The SMILES string of the molecule is O=[N+]([O-])c1c(Nc2ccccc2Cl)ncnc1NC1CCCCCC1. The quantitative estimate of drug-likeness (QED) is 0.446. The number of halogens is 1. The molecule has 25 heavy (non-hydrogen) atoms. The molecule has 1 aliphatic carbocycles. The van der Waals surface area contributed by atoms with Gasteiger partial charge in [-0.05, 0) is 25.0 Å². The van der Waals surface area contributed by atoms with E-state index in [9.17, 15) is 10.1 Å². The molecule has 132 valence electrons. The molecule has 1 heterocycles. The highest BCUT2D eigenvalue weighted by atomic mass is 35.5. The van der Waals surface area contributed by atoms with E-state index >= 15 is 0 Å². The van der Waals surface area contributed by atoms with Crippen LogP contribution >= 0.6 is 11.6 Å². The van der Waals surface area contributed by atoms with Crippen molar-refractivity contribution in [2.75, 3.05) is 10.6 Å². The first-order valence-electron chi connectivity index (χ1n) is 8.42. The molecule has 1 fully saturated rings. The molecule has 0 atom stereocenters. The van der Waals surface area contributed by atoms with Crippen LogP contribution in [0.25, 0.3) is 0 Å². The van der Waals surface area contributed by atoms with Crippen molar-refractivity contribution in [3.05, 3.63) is 45.7 Å². The minimum Gasteiger partial charge on any atom is -0.361 e. The summed E-state index contributed by atoms with van der Waals surface area (Å²) in [5.41, 5.74) is 0.401. The maximum absolute atomic E-state index is 11.6. The average molecular weight is 362 g/mol. The van der Waals surface area contributed by atoms with Gasteiger partial charge in [-0.1, -0.05) is 49.4 Å². The highest BCUT2D eigenvalue weighted by molar-refractivity contribution is 6.33. The molecule has 1 aliphatic rings. The van der Waals surface area contributed by atoms with Crippen LogP contribution in [0, 0.1) is 10.1 Å². The Labute approximate surface area is 151 Å². The van der Waals surface area contributed by atoms with E-state index < -0.39 is 4.92 Å². The Hall–Kier alpha value is -2.41. The lowest BCUT2D eigenvalue weighted by molar-refractivity contribution is -0.383. The summed E-state index contributed by atoms with van der Waals surface area (Å²) >= 11 is 6.13. The summed E-state index contributed by atoms with van der Waals surface area (Å²) in [6, 6.07) is 7.24. The largest absolute Gasteiger partial charge is 0.361 e. The summed E-state index contributed by atoms with van der Waals surface area (Å²) in [6.07, 6.45) is 7.99. The second-order valence-electron chi connectivity index (χ2n) is 6.11. The van der Waals surface area contributed by atoms with Gasteiger partial charge in [-0.3, -0.25) is 10.1 Å². The first-order chi connectivity index (χ1) is 12.1. The van der Waals surface area contributed by atoms with E-state index in [1.807, 2.05) is 0 Å². The summed E-state index contributed by atoms with van der Waals surface area (Å²) in [4.78, 5) is 19.3. The van der Waals surface area contributed by atoms with Crippen molar-refractivity contribution in [2.24, 2.45) is 0 Å². The predicted octanol–water partition coefficient (Wildman–Crippen LogP) is 4.92. The Morgan fingerprint density at radius 3 is 2.44 bits per heavy atom. The molecule has 0 radical (unpaired) electrons. The monoisotopic (exact) mass is 361 g/mol. The normalized spacial score (nSPS) is 15.4. The summed E-state index contributed by atoms with van der Waals surface area (Å²) in [5.74, 6) is 0.380. The number of para-hydroxylation sites is 1. The van der Waals surface area contributed by atoms with Gasteiger partial charge in [0.05, 0.1) is 15.6 Å². The fourth-order valence-electron chi connectivity index (χ4n) is 3.06. The Balaban J connectivity index is 1.88. The van der Waals surface area contributed by atoms with Crippen LogP contribution in [0.5, 0.6) is 0 Å². The van der Waals surface area contributed by atoms with Crippen molar-refractivity contribution in [3.8, 4) is 0 Å². The second kappa shape index (κ2) is 8.11. The summed E-state index contributed by atoms with van der Waals surface area (Å²) in [6.45, 7) is 0. The summed E-state index contributed by atoms with van der Waals surface area (Å²) in [7, 11) is 0. The molecular formula is C17H20ClN5O2. The van der Waals surface area contributed by atoms with Gasteiger partial charge in [0, 0.05) is 6.04 Å². The molecule has 0 amide bonds. The van der Waals surface area contributed by atoms with Gasteiger partial charge in [-0.2, -0.15) is 0 Å². The first-order valence-corrected chi connectivity index (χ1v) is 8.80. The van der Waals surface area contributed by atoms with Gasteiger partial charge in [-0.25, -0.2) is 9.97 Å². The maximum atomic E-state index is 11.6. The number of anilines is 3. The van der Waals surface area contributed by atoms with Crippen LogP contribution < -0.4 is 10.6 Å². The van der Waals surface area contributed by atoms with Crippen LogP contribution in [-0.4, -0.2) is 20.9 Å². The molecule has 0 bridgehead atoms. The number of nitrogens with zero attached hydrogens (tertiary/aromatic N) is 3. The third kappa shape index (κ3) is 4.36. The van der Waals surface area contributed by atoms with E-state index in [0.29, 0.717) is 10.7 Å². The van der Waals surface area contributed by atoms with Crippen molar-refractivity contribution >= 4 is 34.6 Å². The number of nitro groups is 1. The fourth-order valence-corrected chi connectivity index (χ4v) is 3.24. The van der Waals surface area contributed by atoms with Crippen LogP contribution in [0.1, 0.15) is 38.5 Å². The van der Waals surface area contributed by atoms with E-state index in [2.05, 4.69) is 20.6 Å². The van der Waals surface area contributed by atoms with Crippen molar-refractivity contribution in [2.45, 2.75) is 44.6 Å². The highest BCUT2D eigenvalue weighted by Gasteiger charge is 2.25. The van der Waals surface area contributed by atoms with E-state index in [1.54, 1.807) is 24.3 Å². The number of nitrogens with one attached hydrogen (secondary N) is 2. The van der Waals surface area contributed by atoms with Gasteiger partial charge in [-0.15, -0.1) is 0 Å². The number of benzene rings is 1. The topological polar surface area (TPSA) is 93.0 Å². The van der Waals surface area contributed by atoms with E-state index in [4.69, 9.17) is 11.6 Å². The summed E-state index contributed by atoms with van der Waals surface area (Å²) in [5, 5.41) is 18.3. The molecule has 7 nitrogen and oxygen atoms in total. The molecule has 2 N–H and O–H groups in total. The van der Waals surface area contributed by atoms with Gasteiger partial charge < -0.3 is 10.6 Å². The molecule has 1 aromatic carbocycles. The lowest BCUT2D eigenvalue weighted by Gasteiger charge is -2.17. The Bertz CT molecular complexity index is 748. The number of hydrogen-bond acceptors (Lipinski definition) is 6. The third-order valence-corrected chi connectivity index (χ3v) is 4.66. The van der Waals surface area contributed by atoms with Crippen LogP contribution in [0.15, 0.2) is 30.6 Å². The third-order valence-electron chi connectivity index (χ3n) is 4.33. The minimum absolute atomic E-state index is 0.129. The molecule has 0 aliphatic heterocycles. The maximum Gasteiger partial charge on any atom is 0.353 e. The number of rotatable bonds is 5. The zero-order valence-electron chi connectivity index (χ0n) is 13.7. The van der Waals surface area contributed by atoms with Gasteiger partial charge in [0.15, 0.2) is 0 Å². The van der Waals surface area contributed by atoms with E-state index in [1.165, 1.54) is 19.2 Å². The Morgan fingerprint density at radius 2 is 1.76 bits per heavy atom. The average Bonchev–Trinajstić information content (AvgIpc) is 2.85. The van der Waals surface area contributed by atoms with Crippen LogP contribution in [0.3, 0.4) is 0 Å². The van der Waals surface area contributed by atoms with Gasteiger partial charge in [0.2, 0.25) is 11.6 Å². The lowest BCUT2D eigenvalue weighted by Crippen LogP contribution is -2.20. The lowest BCUT2D eigenvalue weighted by atomic mass is 10.1. The molecule has 8 heteroatoms. The number of hydrogen-bond donors (Lipinski definition) is 2. The summed E-state index contributed by atoms with van der Waals surface area (Å²) < 4.78 is 0. The molecule has 1 saturated carbocycles.